The minimum absolute atomic E-state index is 0.00996. The van der Waals surface area contributed by atoms with Gasteiger partial charge in [-0.1, -0.05) is 5.16 Å². The molecule has 1 heterocycles. The standard InChI is InChI=1S/C11H11FN2O3S2/c1-18-10-8(12)3-6(4-9(10)19(2,15)16)7-5-14-17-11(7)13/h3-5H,13H2,1-2H3. The highest BCUT2D eigenvalue weighted by molar-refractivity contribution is 7.99. The van der Waals surface area contributed by atoms with Crippen LogP contribution in [0, 0.1) is 5.82 Å². The summed E-state index contributed by atoms with van der Waals surface area (Å²) in [5.74, 6) is -0.609. The van der Waals surface area contributed by atoms with Crippen molar-refractivity contribution in [2.75, 3.05) is 18.2 Å². The van der Waals surface area contributed by atoms with E-state index in [1.165, 1.54) is 18.3 Å². The number of nitrogen functional groups attached to an aromatic ring is 1. The Bertz CT molecular complexity index is 726. The molecule has 2 aromatic rings. The van der Waals surface area contributed by atoms with Crippen molar-refractivity contribution in [1.29, 1.82) is 0 Å². The molecule has 0 spiro atoms. The Morgan fingerprint density at radius 1 is 1.42 bits per heavy atom. The fraction of sp³-hybridized carbons (Fsp3) is 0.182. The number of hydrogen-bond donors (Lipinski definition) is 1. The molecule has 0 saturated carbocycles. The first kappa shape index (κ1) is 13.9. The van der Waals surface area contributed by atoms with E-state index in [2.05, 4.69) is 5.16 Å². The number of benzene rings is 1. The number of anilines is 1. The summed E-state index contributed by atoms with van der Waals surface area (Å²) in [6, 6.07) is 2.58. The maximum Gasteiger partial charge on any atom is 0.229 e. The lowest BCUT2D eigenvalue weighted by Gasteiger charge is -2.09. The highest BCUT2D eigenvalue weighted by atomic mass is 32.2. The van der Waals surface area contributed by atoms with Gasteiger partial charge in [0.05, 0.1) is 21.6 Å². The van der Waals surface area contributed by atoms with Crippen molar-refractivity contribution < 1.29 is 17.3 Å². The summed E-state index contributed by atoms with van der Waals surface area (Å²) in [7, 11) is -3.55. The van der Waals surface area contributed by atoms with Crippen LogP contribution >= 0.6 is 11.8 Å². The molecule has 0 bridgehead atoms. The van der Waals surface area contributed by atoms with Gasteiger partial charge in [-0.05, 0) is 24.0 Å². The van der Waals surface area contributed by atoms with Crippen molar-refractivity contribution in [3.63, 3.8) is 0 Å². The van der Waals surface area contributed by atoms with Crippen LogP contribution in [0.2, 0.25) is 0 Å². The molecule has 5 nitrogen and oxygen atoms in total. The van der Waals surface area contributed by atoms with E-state index in [1.54, 1.807) is 6.26 Å². The number of halogens is 1. The first-order valence-corrected chi connectivity index (χ1v) is 8.24. The zero-order valence-corrected chi connectivity index (χ0v) is 11.8. The van der Waals surface area contributed by atoms with Crippen LogP contribution < -0.4 is 5.73 Å². The van der Waals surface area contributed by atoms with Crippen LogP contribution in [0.25, 0.3) is 11.1 Å². The predicted octanol–water partition coefficient (Wildman–Crippen LogP) is 2.19. The molecular formula is C11H11FN2O3S2. The number of nitrogens with zero attached hydrogens (tertiary/aromatic N) is 1. The van der Waals surface area contributed by atoms with Gasteiger partial charge in [0.1, 0.15) is 5.82 Å². The van der Waals surface area contributed by atoms with E-state index in [1.807, 2.05) is 0 Å². The average molecular weight is 302 g/mol. The molecule has 102 valence electrons. The maximum absolute atomic E-state index is 14.0. The summed E-state index contributed by atoms with van der Waals surface area (Å²) in [6.07, 6.45) is 3.96. The van der Waals surface area contributed by atoms with Gasteiger partial charge in [0.25, 0.3) is 0 Å². The van der Waals surface area contributed by atoms with Crippen LogP contribution in [0.4, 0.5) is 10.3 Å². The maximum atomic E-state index is 14.0. The van der Waals surface area contributed by atoms with Gasteiger partial charge in [0.15, 0.2) is 9.84 Å². The summed E-state index contributed by atoms with van der Waals surface area (Å²) in [4.78, 5) is 0.0110. The van der Waals surface area contributed by atoms with E-state index in [-0.39, 0.29) is 15.7 Å². The molecule has 0 aliphatic rings. The molecule has 1 aromatic carbocycles. The molecule has 0 saturated heterocycles. The normalized spacial score (nSPS) is 11.7. The fourth-order valence-electron chi connectivity index (χ4n) is 1.66. The molecular weight excluding hydrogens is 291 g/mol. The van der Waals surface area contributed by atoms with Crippen LogP contribution in [-0.4, -0.2) is 26.1 Å². The van der Waals surface area contributed by atoms with Gasteiger partial charge in [0.2, 0.25) is 5.88 Å². The largest absolute Gasteiger partial charge is 0.367 e. The third-order valence-electron chi connectivity index (χ3n) is 2.52. The quantitative estimate of drug-likeness (QED) is 0.875. The topological polar surface area (TPSA) is 86.2 Å². The van der Waals surface area contributed by atoms with Gasteiger partial charge >= 0.3 is 0 Å². The van der Waals surface area contributed by atoms with Crippen LogP contribution in [0.1, 0.15) is 0 Å². The zero-order valence-electron chi connectivity index (χ0n) is 10.2. The van der Waals surface area contributed by atoms with E-state index < -0.39 is 15.7 Å². The third kappa shape index (κ3) is 2.59. The summed E-state index contributed by atoms with van der Waals surface area (Å²) < 4.78 is 42.1. The third-order valence-corrected chi connectivity index (χ3v) is 4.60. The Labute approximate surface area is 113 Å². The van der Waals surface area contributed by atoms with Gasteiger partial charge in [-0.2, -0.15) is 0 Å². The summed E-state index contributed by atoms with van der Waals surface area (Å²) in [5, 5.41) is 3.49. The molecule has 0 atom stereocenters. The van der Waals surface area contributed by atoms with Crippen molar-refractivity contribution in [3.8, 4) is 11.1 Å². The molecule has 2 N–H and O–H groups in total. The van der Waals surface area contributed by atoms with E-state index in [0.717, 1.165) is 18.0 Å². The van der Waals surface area contributed by atoms with Crippen molar-refractivity contribution >= 4 is 27.5 Å². The Morgan fingerprint density at radius 2 is 2.11 bits per heavy atom. The van der Waals surface area contributed by atoms with Crippen molar-refractivity contribution in [2.45, 2.75) is 9.79 Å². The highest BCUT2D eigenvalue weighted by Crippen LogP contribution is 2.34. The summed E-state index contributed by atoms with van der Waals surface area (Å²) in [5.41, 5.74) is 6.22. The Kier molecular flexibility index (Phi) is 3.55. The van der Waals surface area contributed by atoms with Gasteiger partial charge < -0.3 is 10.3 Å². The second-order valence-electron chi connectivity index (χ2n) is 3.87. The second-order valence-corrected chi connectivity index (χ2v) is 6.67. The minimum atomic E-state index is -3.55. The molecule has 0 aliphatic carbocycles. The van der Waals surface area contributed by atoms with Crippen LogP contribution in [0.5, 0.6) is 0 Å². The van der Waals surface area contributed by atoms with E-state index in [4.69, 9.17) is 10.3 Å². The lowest BCUT2D eigenvalue weighted by molar-refractivity contribution is 0.436. The fourth-order valence-corrected chi connectivity index (χ4v) is 3.66. The number of nitrogens with two attached hydrogens (primary N) is 1. The summed E-state index contributed by atoms with van der Waals surface area (Å²) >= 11 is 1.03. The first-order valence-electron chi connectivity index (χ1n) is 5.12. The monoisotopic (exact) mass is 302 g/mol. The van der Waals surface area contributed by atoms with Gasteiger partial charge in [-0.25, -0.2) is 12.8 Å². The Hall–Kier alpha value is -1.54. The molecule has 0 radical (unpaired) electrons. The van der Waals surface area contributed by atoms with Crippen molar-refractivity contribution in [1.82, 2.24) is 5.16 Å². The molecule has 0 aliphatic heterocycles. The SMILES string of the molecule is CSc1c(F)cc(-c2cnoc2N)cc1S(C)(=O)=O. The number of sulfone groups is 1. The Balaban J connectivity index is 2.75. The second kappa shape index (κ2) is 4.86. The van der Waals surface area contributed by atoms with Crippen LogP contribution in [0.15, 0.2) is 32.6 Å². The number of thioether (sulfide) groups is 1. The Morgan fingerprint density at radius 3 is 2.58 bits per heavy atom. The average Bonchev–Trinajstić information content (AvgIpc) is 2.73. The van der Waals surface area contributed by atoms with Gasteiger partial charge in [0, 0.05) is 6.26 Å². The van der Waals surface area contributed by atoms with Crippen LogP contribution in [0.3, 0.4) is 0 Å². The molecule has 0 fully saturated rings. The van der Waals surface area contributed by atoms with Gasteiger partial charge in [-0.15, -0.1) is 11.8 Å². The lowest BCUT2D eigenvalue weighted by Crippen LogP contribution is -2.02. The molecule has 19 heavy (non-hydrogen) atoms. The molecule has 1 aromatic heterocycles. The zero-order chi connectivity index (χ0) is 14.2. The number of rotatable bonds is 3. The minimum Gasteiger partial charge on any atom is -0.367 e. The molecule has 0 amide bonds. The van der Waals surface area contributed by atoms with Crippen molar-refractivity contribution in [3.05, 3.63) is 24.1 Å². The van der Waals surface area contributed by atoms with Crippen LogP contribution in [-0.2, 0) is 9.84 Å². The van der Waals surface area contributed by atoms with Crippen molar-refractivity contribution in [2.24, 2.45) is 0 Å². The molecule has 0 unspecified atom stereocenters. The number of hydrogen-bond acceptors (Lipinski definition) is 6. The first-order chi connectivity index (χ1) is 8.84. The molecule has 8 heteroatoms. The predicted molar refractivity (Wildman–Crippen MR) is 71.2 cm³/mol. The van der Waals surface area contributed by atoms with Gasteiger partial charge in [-0.3, -0.25) is 0 Å². The van der Waals surface area contributed by atoms with E-state index in [9.17, 15) is 12.8 Å². The summed E-state index contributed by atoms with van der Waals surface area (Å²) in [6.45, 7) is 0. The number of aromatic nitrogens is 1. The smallest absolute Gasteiger partial charge is 0.229 e. The van der Waals surface area contributed by atoms with E-state index in [0.29, 0.717) is 11.1 Å². The highest BCUT2D eigenvalue weighted by Gasteiger charge is 2.20. The lowest BCUT2D eigenvalue weighted by atomic mass is 10.1. The van der Waals surface area contributed by atoms with E-state index >= 15 is 0 Å². The molecule has 2 rings (SSSR count).